The summed E-state index contributed by atoms with van der Waals surface area (Å²) in [7, 11) is 1.67. The number of ether oxygens (including phenoxy) is 1. The lowest BCUT2D eigenvalue weighted by molar-refractivity contribution is 0.406. The molecule has 0 aliphatic rings. The third-order valence-corrected chi connectivity index (χ3v) is 2.94. The maximum atomic E-state index is 8.78. The number of nitriles is 1. The molecule has 98 valence electrons. The predicted octanol–water partition coefficient (Wildman–Crippen LogP) is 2.99. The average Bonchev–Trinajstić information content (AvgIpc) is 2.34. The predicted molar refractivity (Wildman–Crippen MR) is 73.6 cm³/mol. The van der Waals surface area contributed by atoms with Crippen LogP contribution in [0.25, 0.3) is 0 Å². The van der Waals surface area contributed by atoms with Gasteiger partial charge in [-0.1, -0.05) is 32.9 Å². The molecule has 0 aromatic heterocycles. The molecule has 0 aliphatic carbocycles. The van der Waals surface area contributed by atoms with Crippen molar-refractivity contribution in [3.05, 3.63) is 29.3 Å². The highest BCUT2D eigenvalue weighted by molar-refractivity contribution is 5.39. The molecule has 0 aliphatic heterocycles. The van der Waals surface area contributed by atoms with Crippen LogP contribution >= 0.6 is 0 Å². The van der Waals surface area contributed by atoms with Gasteiger partial charge in [0.1, 0.15) is 5.75 Å². The van der Waals surface area contributed by atoms with Gasteiger partial charge in [0.25, 0.3) is 0 Å². The minimum atomic E-state index is -0.159. The molecule has 1 N–H and O–H groups in total. The molecule has 1 unspecified atom stereocenters. The van der Waals surface area contributed by atoms with Crippen LogP contribution in [0, 0.1) is 11.3 Å². The van der Waals surface area contributed by atoms with E-state index in [0.29, 0.717) is 6.54 Å². The largest absolute Gasteiger partial charge is 0.496 e. The number of nitrogens with zero attached hydrogens (tertiary/aromatic N) is 1. The van der Waals surface area contributed by atoms with Gasteiger partial charge >= 0.3 is 0 Å². The van der Waals surface area contributed by atoms with Crippen LogP contribution < -0.4 is 10.1 Å². The second-order valence-electron chi connectivity index (χ2n) is 5.51. The van der Waals surface area contributed by atoms with E-state index in [9.17, 15) is 0 Å². The van der Waals surface area contributed by atoms with Crippen LogP contribution in [0.5, 0.6) is 5.75 Å². The van der Waals surface area contributed by atoms with Gasteiger partial charge in [-0.25, -0.2) is 0 Å². The Labute approximate surface area is 110 Å². The van der Waals surface area contributed by atoms with Gasteiger partial charge in [0.15, 0.2) is 0 Å². The first-order chi connectivity index (χ1) is 8.38. The summed E-state index contributed by atoms with van der Waals surface area (Å²) < 4.78 is 5.36. The first kappa shape index (κ1) is 14.5. The monoisotopic (exact) mass is 246 g/mol. The fourth-order valence-electron chi connectivity index (χ4n) is 1.69. The Bertz CT molecular complexity index is 441. The highest BCUT2D eigenvalue weighted by Crippen LogP contribution is 2.27. The zero-order valence-corrected chi connectivity index (χ0v) is 11.9. The minimum Gasteiger partial charge on any atom is -0.496 e. The number of methoxy groups -OCH3 is 1. The van der Waals surface area contributed by atoms with Crippen LogP contribution in [0.1, 0.15) is 38.8 Å². The standard InChI is InChI=1S/C15H22N2O/c1-11(9-16)17-10-12-8-13(15(2,3)4)6-7-14(12)18-5/h6-8,11,17H,10H2,1-5H3. The zero-order valence-electron chi connectivity index (χ0n) is 11.9. The van der Waals surface area contributed by atoms with Crippen molar-refractivity contribution in [2.45, 2.75) is 45.7 Å². The van der Waals surface area contributed by atoms with E-state index >= 15 is 0 Å². The van der Waals surface area contributed by atoms with Gasteiger partial charge in [0.05, 0.1) is 19.2 Å². The quantitative estimate of drug-likeness (QED) is 0.888. The molecular formula is C15H22N2O. The second kappa shape index (κ2) is 5.88. The van der Waals surface area contributed by atoms with Crippen molar-refractivity contribution in [2.24, 2.45) is 0 Å². The summed E-state index contributed by atoms with van der Waals surface area (Å²) in [6, 6.07) is 8.24. The van der Waals surface area contributed by atoms with E-state index in [1.165, 1.54) is 5.56 Å². The molecule has 0 radical (unpaired) electrons. The summed E-state index contributed by atoms with van der Waals surface area (Å²) in [5.41, 5.74) is 2.47. The molecule has 0 heterocycles. The Morgan fingerprint density at radius 2 is 2.06 bits per heavy atom. The van der Waals surface area contributed by atoms with Crippen molar-refractivity contribution in [3.8, 4) is 11.8 Å². The molecule has 0 fully saturated rings. The third kappa shape index (κ3) is 3.75. The Morgan fingerprint density at radius 3 is 2.56 bits per heavy atom. The lowest BCUT2D eigenvalue weighted by Gasteiger charge is -2.21. The molecule has 3 heteroatoms. The number of hydrogen-bond acceptors (Lipinski definition) is 3. The number of rotatable bonds is 4. The van der Waals surface area contributed by atoms with Crippen molar-refractivity contribution in [3.63, 3.8) is 0 Å². The Balaban J connectivity index is 2.97. The maximum absolute atomic E-state index is 8.78. The smallest absolute Gasteiger partial charge is 0.123 e. The molecular weight excluding hydrogens is 224 g/mol. The van der Waals surface area contributed by atoms with E-state index in [-0.39, 0.29) is 11.5 Å². The third-order valence-electron chi connectivity index (χ3n) is 2.94. The van der Waals surface area contributed by atoms with Gasteiger partial charge in [0.2, 0.25) is 0 Å². The van der Waals surface area contributed by atoms with E-state index in [1.807, 2.05) is 13.0 Å². The summed E-state index contributed by atoms with van der Waals surface area (Å²) >= 11 is 0. The fourth-order valence-corrected chi connectivity index (χ4v) is 1.69. The Morgan fingerprint density at radius 1 is 1.39 bits per heavy atom. The molecule has 1 aromatic carbocycles. The first-order valence-electron chi connectivity index (χ1n) is 6.19. The number of hydrogen-bond donors (Lipinski definition) is 1. The molecule has 1 atom stereocenters. The van der Waals surface area contributed by atoms with Crippen LogP contribution in [0.15, 0.2) is 18.2 Å². The van der Waals surface area contributed by atoms with Crippen molar-refractivity contribution in [1.29, 1.82) is 5.26 Å². The minimum absolute atomic E-state index is 0.113. The summed E-state index contributed by atoms with van der Waals surface area (Å²) in [6.45, 7) is 9.04. The van der Waals surface area contributed by atoms with Crippen molar-refractivity contribution in [2.75, 3.05) is 7.11 Å². The fraction of sp³-hybridized carbons (Fsp3) is 0.533. The molecule has 0 saturated heterocycles. The average molecular weight is 246 g/mol. The first-order valence-corrected chi connectivity index (χ1v) is 6.19. The molecule has 1 rings (SSSR count). The summed E-state index contributed by atoms with van der Waals surface area (Å²) in [6.07, 6.45) is 0. The summed E-state index contributed by atoms with van der Waals surface area (Å²) in [5.74, 6) is 0.862. The molecule has 3 nitrogen and oxygen atoms in total. The zero-order chi connectivity index (χ0) is 13.8. The molecule has 18 heavy (non-hydrogen) atoms. The van der Waals surface area contributed by atoms with Crippen molar-refractivity contribution < 1.29 is 4.74 Å². The molecule has 0 bridgehead atoms. The Kier molecular flexibility index (Phi) is 4.75. The van der Waals surface area contributed by atoms with Gasteiger partial charge in [-0.2, -0.15) is 5.26 Å². The molecule has 0 saturated carbocycles. The van der Waals surface area contributed by atoms with Crippen molar-refractivity contribution >= 4 is 0 Å². The van der Waals surface area contributed by atoms with Crippen LogP contribution in [0.3, 0.4) is 0 Å². The second-order valence-corrected chi connectivity index (χ2v) is 5.51. The lowest BCUT2D eigenvalue weighted by Crippen LogP contribution is -2.24. The van der Waals surface area contributed by atoms with E-state index < -0.39 is 0 Å². The summed E-state index contributed by atoms with van der Waals surface area (Å²) in [5, 5.41) is 11.9. The number of nitrogens with one attached hydrogen (secondary N) is 1. The molecule has 0 spiro atoms. The van der Waals surface area contributed by atoms with Gasteiger partial charge < -0.3 is 4.74 Å². The van der Waals surface area contributed by atoms with E-state index in [4.69, 9.17) is 10.00 Å². The van der Waals surface area contributed by atoms with Gasteiger partial charge in [0, 0.05) is 12.1 Å². The van der Waals surface area contributed by atoms with Crippen LogP contribution in [0.4, 0.5) is 0 Å². The normalized spacial score (nSPS) is 12.9. The van der Waals surface area contributed by atoms with E-state index in [0.717, 1.165) is 11.3 Å². The van der Waals surface area contributed by atoms with Crippen LogP contribution in [0.2, 0.25) is 0 Å². The van der Waals surface area contributed by atoms with Gasteiger partial charge in [-0.15, -0.1) is 0 Å². The van der Waals surface area contributed by atoms with Crippen LogP contribution in [-0.4, -0.2) is 13.2 Å². The molecule has 1 aromatic rings. The Hall–Kier alpha value is -1.53. The van der Waals surface area contributed by atoms with Crippen molar-refractivity contribution in [1.82, 2.24) is 5.32 Å². The maximum Gasteiger partial charge on any atom is 0.123 e. The topological polar surface area (TPSA) is 45.0 Å². The van der Waals surface area contributed by atoms with Gasteiger partial charge in [-0.3, -0.25) is 5.32 Å². The van der Waals surface area contributed by atoms with Crippen LogP contribution in [-0.2, 0) is 12.0 Å². The van der Waals surface area contributed by atoms with E-state index in [2.05, 4.69) is 44.3 Å². The lowest BCUT2D eigenvalue weighted by atomic mass is 9.86. The summed E-state index contributed by atoms with van der Waals surface area (Å²) in [4.78, 5) is 0. The highest BCUT2D eigenvalue weighted by Gasteiger charge is 2.16. The van der Waals surface area contributed by atoms with E-state index in [1.54, 1.807) is 7.11 Å². The SMILES string of the molecule is COc1ccc(C(C)(C)C)cc1CNC(C)C#N. The highest BCUT2D eigenvalue weighted by atomic mass is 16.5. The van der Waals surface area contributed by atoms with Gasteiger partial charge in [-0.05, 0) is 24.0 Å². The number of benzene rings is 1. The molecule has 0 amide bonds.